The second kappa shape index (κ2) is 10.1. The zero-order valence-corrected chi connectivity index (χ0v) is 23.8. The van der Waals surface area contributed by atoms with Crippen LogP contribution in [0.3, 0.4) is 0 Å². The fourth-order valence-electron chi connectivity index (χ4n) is 5.07. The number of fused-ring (bicyclic) bond motifs is 2. The maximum absolute atomic E-state index is 9.87. The lowest BCUT2D eigenvalue weighted by Crippen LogP contribution is -2.44. The molecule has 1 aliphatic carbocycles. The van der Waals surface area contributed by atoms with Gasteiger partial charge in [0.05, 0.1) is 45.1 Å². The van der Waals surface area contributed by atoms with E-state index in [1.54, 1.807) is 12.4 Å². The van der Waals surface area contributed by atoms with Gasteiger partial charge < -0.3 is 16.1 Å². The summed E-state index contributed by atoms with van der Waals surface area (Å²) < 4.78 is 0. The van der Waals surface area contributed by atoms with Crippen molar-refractivity contribution in [2.45, 2.75) is 45.2 Å². The van der Waals surface area contributed by atoms with Crippen molar-refractivity contribution in [3.05, 3.63) is 82.9 Å². The molecular weight excluding hydrogens is 534 g/mol. The maximum atomic E-state index is 9.87. The largest absolute Gasteiger partial charge is 0.383 e. The van der Waals surface area contributed by atoms with Gasteiger partial charge in [0.2, 0.25) is 0 Å². The Labute approximate surface area is 243 Å². The minimum Gasteiger partial charge on any atom is -0.383 e. The second-order valence-electron chi connectivity index (χ2n) is 11.8. The van der Waals surface area contributed by atoms with Crippen molar-refractivity contribution < 1.29 is 0 Å². The van der Waals surface area contributed by atoms with Gasteiger partial charge in [-0.1, -0.05) is 50.6 Å². The molecule has 4 N–H and O–H groups in total. The summed E-state index contributed by atoms with van der Waals surface area (Å²) in [6, 6.07) is 18.2. The van der Waals surface area contributed by atoms with Crippen molar-refractivity contribution in [3.63, 3.8) is 0 Å². The van der Waals surface area contributed by atoms with Crippen molar-refractivity contribution in [1.82, 2.24) is 25.9 Å². The zero-order chi connectivity index (χ0) is 28.8. The van der Waals surface area contributed by atoms with Crippen LogP contribution >= 0.6 is 11.6 Å². The molecule has 206 valence electrons. The van der Waals surface area contributed by atoms with Gasteiger partial charge in [-0.15, -0.1) is 5.53 Å². The van der Waals surface area contributed by atoms with E-state index in [2.05, 4.69) is 76.6 Å². The van der Waals surface area contributed by atoms with E-state index in [1.807, 2.05) is 41.5 Å². The molecule has 1 aliphatic heterocycles. The number of anilines is 2. The molecule has 1 saturated carbocycles. The Kier molecular flexibility index (Phi) is 6.57. The van der Waals surface area contributed by atoms with Gasteiger partial charge in [0.15, 0.2) is 0 Å². The van der Waals surface area contributed by atoms with Crippen LogP contribution in [0.1, 0.15) is 50.8 Å². The monoisotopic (exact) mass is 563 g/mol. The van der Waals surface area contributed by atoms with Crippen LogP contribution < -0.4 is 21.6 Å². The molecule has 2 aromatic heterocycles. The van der Waals surface area contributed by atoms with E-state index in [-0.39, 0.29) is 11.5 Å². The normalized spacial score (nSPS) is 16.4. The summed E-state index contributed by atoms with van der Waals surface area (Å²) in [7, 11) is 0. The SMILES string of the molecule is CC(C)(C)CNc1c(C#N)cnc2c(Cl)cc(N[C@H](C3=CN(C4(C#N)CC4)NN3)c3cccc4ncccc34)cc12. The molecule has 9 nitrogen and oxygen atoms in total. The molecule has 0 spiro atoms. The number of nitriles is 2. The van der Waals surface area contributed by atoms with E-state index in [0.29, 0.717) is 28.3 Å². The zero-order valence-electron chi connectivity index (χ0n) is 23.1. The maximum Gasteiger partial charge on any atom is 0.143 e. The number of pyridine rings is 2. The molecule has 1 fully saturated rings. The number of hydrogen-bond donors (Lipinski definition) is 4. The standard InChI is InChI=1S/C31H30ClN9/c1-30(2,3)18-37-27-19(14-33)15-36-28-23(27)12-20(13-24(28)32)38-29(22-6-4-8-25-21(22)7-5-11-35-25)26-16-41(40-39-26)31(17-34)9-10-31/h4-8,11-13,15-16,29,38-40H,9-10,18H2,1-3H3,(H,36,37)/t29-/m0/s1. The molecule has 2 aliphatic rings. The highest BCUT2D eigenvalue weighted by Gasteiger charge is 2.50. The van der Waals surface area contributed by atoms with Crippen molar-refractivity contribution in [3.8, 4) is 12.1 Å². The average Bonchev–Trinajstić information content (AvgIpc) is 3.61. The fraction of sp³-hybridized carbons (Fsp3) is 0.290. The second-order valence-corrected chi connectivity index (χ2v) is 12.2. The summed E-state index contributed by atoms with van der Waals surface area (Å²) in [6.07, 6.45) is 6.91. The first-order chi connectivity index (χ1) is 19.7. The van der Waals surface area contributed by atoms with E-state index in [4.69, 9.17) is 11.6 Å². The summed E-state index contributed by atoms with van der Waals surface area (Å²) in [5.41, 5.74) is 11.2. The summed E-state index contributed by atoms with van der Waals surface area (Å²) >= 11 is 6.80. The lowest BCUT2D eigenvalue weighted by molar-refractivity contribution is 0.217. The van der Waals surface area contributed by atoms with Crippen molar-refractivity contribution in [2.24, 2.45) is 5.41 Å². The van der Waals surface area contributed by atoms with Crippen LogP contribution in [0, 0.1) is 28.1 Å². The van der Waals surface area contributed by atoms with Crippen LogP contribution in [0.25, 0.3) is 21.8 Å². The highest BCUT2D eigenvalue weighted by molar-refractivity contribution is 6.35. The summed E-state index contributed by atoms with van der Waals surface area (Å²) in [5, 5.41) is 30.9. The number of benzene rings is 2. The van der Waals surface area contributed by atoms with Gasteiger partial charge in [0.1, 0.15) is 11.6 Å². The molecule has 4 aromatic rings. The molecule has 0 unspecified atom stereocenters. The molecule has 6 rings (SSSR count). The van der Waals surface area contributed by atoms with Crippen LogP contribution in [0.2, 0.25) is 5.02 Å². The topological polar surface area (TPSA) is 125 Å². The number of rotatable bonds is 7. The highest BCUT2D eigenvalue weighted by atomic mass is 35.5. The molecule has 1 atom stereocenters. The van der Waals surface area contributed by atoms with Crippen LogP contribution in [-0.4, -0.2) is 27.1 Å². The Bertz CT molecular complexity index is 1770. The van der Waals surface area contributed by atoms with Gasteiger partial charge >= 0.3 is 0 Å². The average molecular weight is 564 g/mol. The molecular formula is C31H30ClN9. The van der Waals surface area contributed by atoms with Crippen molar-refractivity contribution >= 4 is 44.8 Å². The quantitative estimate of drug-likeness (QED) is 0.210. The van der Waals surface area contributed by atoms with E-state index in [9.17, 15) is 10.5 Å². The van der Waals surface area contributed by atoms with Crippen molar-refractivity contribution in [1.29, 1.82) is 10.5 Å². The van der Waals surface area contributed by atoms with Gasteiger partial charge in [-0.05, 0) is 48.1 Å². The van der Waals surface area contributed by atoms with Gasteiger partial charge in [-0.25, -0.2) is 0 Å². The number of aromatic nitrogens is 2. The highest BCUT2D eigenvalue weighted by Crippen LogP contribution is 2.43. The first-order valence-corrected chi connectivity index (χ1v) is 13.9. The predicted molar refractivity (Wildman–Crippen MR) is 161 cm³/mol. The number of hydrogen-bond acceptors (Lipinski definition) is 9. The lowest BCUT2D eigenvalue weighted by atomic mass is 9.96. The summed E-state index contributed by atoms with van der Waals surface area (Å²) in [5.74, 6) is 0. The molecule has 0 radical (unpaired) electrons. The van der Waals surface area contributed by atoms with E-state index >= 15 is 0 Å². The minimum atomic E-state index is -0.543. The smallest absolute Gasteiger partial charge is 0.143 e. The lowest BCUT2D eigenvalue weighted by Gasteiger charge is -2.24. The van der Waals surface area contributed by atoms with E-state index in [0.717, 1.165) is 46.1 Å². The number of nitrogens with zero attached hydrogens (tertiary/aromatic N) is 5. The Morgan fingerprint density at radius 2 is 1.95 bits per heavy atom. The molecule has 41 heavy (non-hydrogen) atoms. The number of nitrogens with one attached hydrogen (secondary N) is 4. The van der Waals surface area contributed by atoms with Crippen LogP contribution in [0.15, 0.2) is 66.8 Å². The Morgan fingerprint density at radius 3 is 2.68 bits per heavy atom. The third kappa shape index (κ3) is 5.06. The van der Waals surface area contributed by atoms with Crippen LogP contribution in [0.4, 0.5) is 11.4 Å². The number of halogens is 1. The van der Waals surface area contributed by atoms with E-state index < -0.39 is 5.54 Å². The van der Waals surface area contributed by atoms with Gasteiger partial charge in [-0.3, -0.25) is 15.0 Å². The molecule has 2 aromatic carbocycles. The van der Waals surface area contributed by atoms with Crippen molar-refractivity contribution in [2.75, 3.05) is 17.2 Å². The Balaban J connectivity index is 1.46. The van der Waals surface area contributed by atoms with Gasteiger partial charge in [-0.2, -0.15) is 10.5 Å². The summed E-state index contributed by atoms with van der Waals surface area (Å²) in [6.45, 7) is 7.07. The number of hydrazine groups is 2. The summed E-state index contributed by atoms with van der Waals surface area (Å²) in [4.78, 5) is 9.06. The predicted octanol–water partition coefficient (Wildman–Crippen LogP) is 6.14. The Hall–Kier alpha value is -4.57. The fourth-order valence-corrected chi connectivity index (χ4v) is 5.34. The third-order valence-electron chi connectivity index (χ3n) is 7.43. The molecule has 0 saturated heterocycles. The molecule has 0 amide bonds. The minimum absolute atomic E-state index is 0.00267. The Morgan fingerprint density at radius 1 is 1.12 bits per heavy atom. The molecule has 10 heteroatoms. The van der Waals surface area contributed by atoms with Crippen LogP contribution in [-0.2, 0) is 0 Å². The van der Waals surface area contributed by atoms with E-state index in [1.165, 1.54) is 0 Å². The molecule has 0 bridgehead atoms. The third-order valence-corrected chi connectivity index (χ3v) is 7.72. The van der Waals surface area contributed by atoms with Gasteiger partial charge in [0.25, 0.3) is 0 Å². The van der Waals surface area contributed by atoms with Crippen LogP contribution in [0.5, 0.6) is 0 Å². The molecule has 3 heterocycles. The van der Waals surface area contributed by atoms with Gasteiger partial charge in [0, 0.05) is 41.6 Å². The first kappa shape index (κ1) is 26.6. The first-order valence-electron chi connectivity index (χ1n) is 13.5.